The molecule has 0 saturated heterocycles. The third-order valence-electron chi connectivity index (χ3n) is 3.69. The molecular formula is C12H26N2. The fourth-order valence-corrected chi connectivity index (χ4v) is 2.16. The third-order valence-corrected chi connectivity index (χ3v) is 3.69. The molecule has 1 fully saturated rings. The number of hydrogen-bond acceptors (Lipinski definition) is 2. The van der Waals surface area contributed by atoms with Crippen LogP contribution in [0.1, 0.15) is 52.4 Å². The van der Waals surface area contributed by atoms with Crippen LogP contribution in [0, 0.1) is 0 Å². The molecule has 2 nitrogen and oxygen atoms in total. The molecule has 0 atom stereocenters. The van der Waals surface area contributed by atoms with Gasteiger partial charge in [-0.1, -0.05) is 19.3 Å². The fourth-order valence-electron chi connectivity index (χ4n) is 2.16. The van der Waals surface area contributed by atoms with Crippen LogP contribution in [0.15, 0.2) is 0 Å². The first-order chi connectivity index (χ1) is 6.53. The number of rotatable bonds is 4. The third kappa shape index (κ3) is 3.58. The van der Waals surface area contributed by atoms with Gasteiger partial charge in [0.15, 0.2) is 0 Å². The van der Waals surface area contributed by atoms with Gasteiger partial charge in [-0.2, -0.15) is 0 Å². The summed E-state index contributed by atoms with van der Waals surface area (Å²) in [6, 6.07) is 0.641. The summed E-state index contributed by atoms with van der Waals surface area (Å²) in [6.45, 7) is 5.63. The Hall–Kier alpha value is -0.0800. The number of hydrogen-bond donors (Lipinski definition) is 1. The molecule has 2 heteroatoms. The van der Waals surface area contributed by atoms with Crippen molar-refractivity contribution in [1.29, 1.82) is 0 Å². The highest BCUT2D eigenvalue weighted by Gasteiger charge is 2.27. The molecule has 14 heavy (non-hydrogen) atoms. The smallest absolute Gasteiger partial charge is 0.0166 e. The van der Waals surface area contributed by atoms with E-state index in [1.54, 1.807) is 0 Å². The van der Waals surface area contributed by atoms with Gasteiger partial charge in [-0.3, -0.25) is 0 Å². The highest BCUT2D eigenvalue weighted by Crippen LogP contribution is 2.28. The van der Waals surface area contributed by atoms with E-state index in [-0.39, 0.29) is 5.54 Å². The van der Waals surface area contributed by atoms with Crippen molar-refractivity contribution in [2.24, 2.45) is 5.73 Å². The van der Waals surface area contributed by atoms with Gasteiger partial charge in [0, 0.05) is 11.6 Å². The van der Waals surface area contributed by atoms with Gasteiger partial charge in [0.1, 0.15) is 0 Å². The van der Waals surface area contributed by atoms with E-state index >= 15 is 0 Å². The van der Waals surface area contributed by atoms with E-state index < -0.39 is 0 Å². The van der Waals surface area contributed by atoms with Crippen LogP contribution in [-0.2, 0) is 0 Å². The van der Waals surface area contributed by atoms with Crippen molar-refractivity contribution in [1.82, 2.24) is 4.90 Å². The second kappa shape index (κ2) is 5.13. The summed E-state index contributed by atoms with van der Waals surface area (Å²) in [6.07, 6.45) is 7.70. The first-order valence-electron chi connectivity index (χ1n) is 6.03. The van der Waals surface area contributed by atoms with Crippen molar-refractivity contribution < 1.29 is 0 Å². The average molecular weight is 198 g/mol. The lowest BCUT2D eigenvalue weighted by Gasteiger charge is -2.35. The van der Waals surface area contributed by atoms with Crippen molar-refractivity contribution in [2.45, 2.75) is 64.0 Å². The zero-order chi connectivity index (χ0) is 10.6. The standard InChI is InChI=1S/C12H26N2/c1-11(2)14(3)10-9-12(13)7-5-4-6-8-12/h11H,4-10,13H2,1-3H3. The Labute approximate surface area is 88.8 Å². The largest absolute Gasteiger partial charge is 0.325 e. The fraction of sp³-hybridized carbons (Fsp3) is 1.00. The quantitative estimate of drug-likeness (QED) is 0.751. The van der Waals surface area contributed by atoms with E-state index in [9.17, 15) is 0 Å². The molecule has 0 spiro atoms. The minimum Gasteiger partial charge on any atom is -0.325 e. The molecule has 1 aliphatic rings. The molecule has 0 aliphatic heterocycles. The molecule has 2 N–H and O–H groups in total. The minimum atomic E-state index is 0.154. The molecule has 0 bridgehead atoms. The molecule has 0 aromatic carbocycles. The van der Waals surface area contributed by atoms with Crippen molar-refractivity contribution in [3.05, 3.63) is 0 Å². The van der Waals surface area contributed by atoms with Crippen LogP contribution >= 0.6 is 0 Å². The van der Waals surface area contributed by atoms with Crippen LogP contribution in [0.3, 0.4) is 0 Å². The van der Waals surface area contributed by atoms with Gasteiger partial charge in [-0.25, -0.2) is 0 Å². The summed E-state index contributed by atoms with van der Waals surface area (Å²) in [5, 5.41) is 0. The SMILES string of the molecule is CC(C)N(C)CCC1(N)CCCCC1. The summed E-state index contributed by atoms with van der Waals surface area (Å²) in [4.78, 5) is 2.39. The molecule has 0 amide bonds. The molecule has 0 unspecified atom stereocenters. The minimum absolute atomic E-state index is 0.154. The van der Waals surface area contributed by atoms with Gasteiger partial charge in [0.2, 0.25) is 0 Å². The maximum absolute atomic E-state index is 6.38. The van der Waals surface area contributed by atoms with Crippen LogP contribution in [0.25, 0.3) is 0 Å². The Morgan fingerprint density at radius 1 is 1.21 bits per heavy atom. The van der Waals surface area contributed by atoms with Crippen LogP contribution in [0.4, 0.5) is 0 Å². The highest BCUT2D eigenvalue weighted by molar-refractivity contribution is 4.87. The van der Waals surface area contributed by atoms with Crippen LogP contribution in [0.5, 0.6) is 0 Å². The normalized spacial score (nSPS) is 21.9. The van der Waals surface area contributed by atoms with E-state index in [1.165, 1.54) is 38.5 Å². The molecule has 1 rings (SSSR count). The van der Waals surface area contributed by atoms with Crippen molar-refractivity contribution in [3.63, 3.8) is 0 Å². The topological polar surface area (TPSA) is 29.3 Å². The van der Waals surface area contributed by atoms with Crippen LogP contribution in [-0.4, -0.2) is 30.1 Å². The maximum atomic E-state index is 6.38. The average Bonchev–Trinajstić information content (AvgIpc) is 2.15. The van der Waals surface area contributed by atoms with Crippen LogP contribution in [0.2, 0.25) is 0 Å². The number of nitrogens with zero attached hydrogens (tertiary/aromatic N) is 1. The van der Waals surface area contributed by atoms with Gasteiger partial charge >= 0.3 is 0 Å². The van der Waals surface area contributed by atoms with Gasteiger partial charge in [0.05, 0.1) is 0 Å². The zero-order valence-corrected chi connectivity index (χ0v) is 10.1. The Balaban J connectivity index is 2.28. The van der Waals surface area contributed by atoms with Crippen LogP contribution < -0.4 is 5.73 Å². The lowest BCUT2D eigenvalue weighted by molar-refractivity contribution is 0.207. The summed E-state index contributed by atoms with van der Waals surface area (Å²) < 4.78 is 0. The van der Waals surface area contributed by atoms with Crippen molar-refractivity contribution in [3.8, 4) is 0 Å². The van der Waals surface area contributed by atoms with Gasteiger partial charge in [-0.05, 0) is 46.7 Å². The van der Waals surface area contributed by atoms with Gasteiger partial charge in [0.25, 0.3) is 0 Å². The Bertz CT molecular complexity index is 160. The Kier molecular flexibility index (Phi) is 4.39. The summed E-state index contributed by atoms with van der Waals surface area (Å²) in [5.74, 6) is 0. The van der Waals surface area contributed by atoms with E-state index in [4.69, 9.17) is 5.73 Å². The van der Waals surface area contributed by atoms with Crippen molar-refractivity contribution in [2.75, 3.05) is 13.6 Å². The molecule has 0 heterocycles. The molecule has 1 aliphatic carbocycles. The Morgan fingerprint density at radius 3 is 2.29 bits per heavy atom. The molecule has 0 radical (unpaired) electrons. The maximum Gasteiger partial charge on any atom is 0.0166 e. The van der Waals surface area contributed by atoms with Gasteiger partial charge < -0.3 is 10.6 Å². The molecular weight excluding hydrogens is 172 g/mol. The monoisotopic (exact) mass is 198 g/mol. The van der Waals surface area contributed by atoms with E-state index in [0.717, 1.165) is 6.54 Å². The molecule has 84 valence electrons. The molecule has 0 aromatic rings. The predicted molar refractivity (Wildman–Crippen MR) is 62.4 cm³/mol. The first-order valence-corrected chi connectivity index (χ1v) is 6.03. The van der Waals surface area contributed by atoms with Crippen molar-refractivity contribution >= 4 is 0 Å². The van der Waals surface area contributed by atoms with E-state index in [1.807, 2.05) is 0 Å². The zero-order valence-electron chi connectivity index (χ0n) is 10.1. The lowest BCUT2D eigenvalue weighted by atomic mass is 9.80. The second-order valence-electron chi connectivity index (χ2n) is 5.25. The number of nitrogens with two attached hydrogens (primary N) is 1. The second-order valence-corrected chi connectivity index (χ2v) is 5.25. The summed E-state index contributed by atoms with van der Waals surface area (Å²) >= 11 is 0. The molecule has 1 saturated carbocycles. The lowest BCUT2D eigenvalue weighted by Crippen LogP contribution is -2.44. The first kappa shape index (κ1) is 12.0. The molecule has 0 aromatic heterocycles. The Morgan fingerprint density at radius 2 is 1.79 bits per heavy atom. The van der Waals surface area contributed by atoms with E-state index in [2.05, 4.69) is 25.8 Å². The van der Waals surface area contributed by atoms with E-state index in [0.29, 0.717) is 6.04 Å². The predicted octanol–water partition coefficient (Wildman–Crippen LogP) is 2.38. The summed E-state index contributed by atoms with van der Waals surface area (Å²) in [5.41, 5.74) is 6.54. The summed E-state index contributed by atoms with van der Waals surface area (Å²) in [7, 11) is 2.19. The highest BCUT2D eigenvalue weighted by atomic mass is 15.1. The van der Waals surface area contributed by atoms with Gasteiger partial charge in [-0.15, -0.1) is 0 Å².